The lowest BCUT2D eigenvalue weighted by Crippen LogP contribution is -2.30. The van der Waals surface area contributed by atoms with Crippen molar-refractivity contribution in [1.82, 2.24) is 9.97 Å². The number of piperidine rings is 1. The smallest absolute Gasteiger partial charge is 0.166 e. The number of nitrogens with zero attached hydrogens (tertiary/aromatic N) is 2. The highest BCUT2D eigenvalue weighted by Crippen LogP contribution is 2.35. The Bertz CT molecular complexity index is 953. The molecule has 0 amide bonds. The van der Waals surface area contributed by atoms with Gasteiger partial charge in [-0.15, -0.1) is 0 Å². The van der Waals surface area contributed by atoms with Crippen molar-refractivity contribution in [2.45, 2.75) is 50.9 Å². The molecule has 0 unspecified atom stereocenters. The van der Waals surface area contributed by atoms with Gasteiger partial charge in [-0.2, -0.15) is 0 Å². The summed E-state index contributed by atoms with van der Waals surface area (Å²) < 4.78 is 11.5. The third-order valence-electron chi connectivity index (χ3n) is 5.56. The van der Waals surface area contributed by atoms with Crippen molar-refractivity contribution in [1.29, 1.82) is 0 Å². The van der Waals surface area contributed by atoms with Gasteiger partial charge in [-0.1, -0.05) is 23.9 Å². The number of benzene rings is 2. The predicted octanol–water partition coefficient (Wildman–Crippen LogP) is 5.95. The number of anilines is 1. The number of H-pyrrole nitrogens is 1. The molecule has 1 aromatic heterocycles. The molecule has 3 aromatic rings. The Morgan fingerprint density at radius 1 is 1.03 bits per heavy atom. The number of fused-ring (bicyclic) bond motifs is 1. The van der Waals surface area contributed by atoms with Crippen LogP contribution >= 0.6 is 11.8 Å². The Morgan fingerprint density at radius 2 is 1.77 bits per heavy atom. The minimum Gasteiger partial charge on any atom is -0.490 e. The first kappa shape index (κ1) is 20.9. The van der Waals surface area contributed by atoms with E-state index in [4.69, 9.17) is 14.5 Å². The molecule has 0 aliphatic carbocycles. The molecular formula is C24H31N3O2S. The highest BCUT2D eigenvalue weighted by molar-refractivity contribution is 7.98. The summed E-state index contributed by atoms with van der Waals surface area (Å²) in [5, 5.41) is 0.925. The maximum atomic E-state index is 5.75. The third kappa shape index (κ3) is 4.53. The highest BCUT2D eigenvalue weighted by atomic mass is 32.2. The Morgan fingerprint density at radius 3 is 2.50 bits per heavy atom. The molecule has 4 rings (SSSR count). The number of nitrogens with one attached hydrogen (secondary N) is 1. The van der Waals surface area contributed by atoms with Crippen LogP contribution in [0.4, 0.5) is 5.69 Å². The van der Waals surface area contributed by atoms with E-state index >= 15 is 0 Å². The van der Waals surface area contributed by atoms with E-state index in [1.165, 1.54) is 36.1 Å². The Balaban J connectivity index is 1.56. The number of hydrogen-bond donors (Lipinski definition) is 1. The zero-order valence-corrected chi connectivity index (χ0v) is 19.0. The molecule has 6 heteroatoms. The van der Waals surface area contributed by atoms with Crippen molar-refractivity contribution in [3.63, 3.8) is 0 Å². The van der Waals surface area contributed by atoms with Crippen LogP contribution in [0.1, 0.15) is 44.2 Å². The lowest BCUT2D eigenvalue weighted by atomic mass is 10.0. The number of ether oxygens (including phenoxy) is 2. The quantitative estimate of drug-likeness (QED) is 0.452. The van der Waals surface area contributed by atoms with E-state index in [1.807, 2.05) is 26.0 Å². The fraction of sp³-hybridized carbons (Fsp3) is 0.458. The van der Waals surface area contributed by atoms with Crippen LogP contribution in [0.5, 0.6) is 11.5 Å². The molecule has 0 bridgehead atoms. The van der Waals surface area contributed by atoms with E-state index in [0.717, 1.165) is 46.5 Å². The van der Waals surface area contributed by atoms with E-state index in [9.17, 15) is 0 Å². The van der Waals surface area contributed by atoms with Crippen molar-refractivity contribution in [2.75, 3.05) is 31.2 Å². The second-order valence-electron chi connectivity index (χ2n) is 7.63. The van der Waals surface area contributed by atoms with Gasteiger partial charge < -0.3 is 19.4 Å². The largest absolute Gasteiger partial charge is 0.490 e. The average molecular weight is 426 g/mol. The number of aromatic amines is 1. The second-order valence-corrected chi connectivity index (χ2v) is 8.60. The third-order valence-corrected chi connectivity index (χ3v) is 6.46. The van der Waals surface area contributed by atoms with E-state index in [2.05, 4.69) is 35.0 Å². The molecule has 30 heavy (non-hydrogen) atoms. The molecule has 5 nitrogen and oxygen atoms in total. The summed E-state index contributed by atoms with van der Waals surface area (Å²) in [6, 6.07) is 10.6. The summed E-state index contributed by atoms with van der Waals surface area (Å²) in [6.07, 6.45) is 3.92. The van der Waals surface area contributed by atoms with Crippen LogP contribution < -0.4 is 14.4 Å². The maximum Gasteiger partial charge on any atom is 0.166 e. The molecule has 0 atom stereocenters. The fourth-order valence-electron chi connectivity index (χ4n) is 4.05. The van der Waals surface area contributed by atoms with Gasteiger partial charge in [0.1, 0.15) is 0 Å². The minimum absolute atomic E-state index is 0.601. The Labute approximate surface area is 183 Å². The Hall–Kier alpha value is -2.34. The van der Waals surface area contributed by atoms with Crippen LogP contribution in [-0.4, -0.2) is 36.3 Å². The molecule has 1 aliphatic rings. The SMILES string of the molecule is CCOc1cc2nc(SCc3c(C)cccc3N3CCCCC3)[nH]c2cc1OCC. The normalized spacial score (nSPS) is 14.3. The molecule has 1 N–H and O–H groups in total. The topological polar surface area (TPSA) is 50.4 Å². The van der Waals surface area contributed by atoms with E-state index in [0.29, 0.717) is 13.2 Å². The first-order valence-electron chi connectivity index (χ1n) is 10.9. The summed E-state index contributed by atoms with van der Waals surface area (Å²) in [7, 11) is 0. The van der Waals surface area contributed by atoms with Gasteiger partial charge in [-0.25, -0.2) is 4.98 Å². The summed E-state index contributed by atoms with van der Waals surface area (Å²) in [4.78, 5) is 10.8. The molecular weight excluding hydrogens is 394 g/mol. The first-order valence-corrected chi connectivity index (χ1v) is 11.9. The second kappa shape index (κ2) is 9.65. The summed E-state index contributed by atoms with van der Waals surface area (Å²) in [6.45, 7) is 9.70. The van der Waals surface area contributed by atoms with E-state index in [1.54, 1.807) is 11.8 Å². The average Bonchev–Trinajstić information content (AvgIpc) is 3.15. The van der Waals surface area contributed by atoms with Crippen LogP contribution in [-0.2, 0) is 5.75 Å². The number of aryl methyl sites for hydroxylation is 1. The van der Waals surface area contributed by atoms with Crippen LogP contribution in [0.25, 0.3) is 11.0 Å². The van der Waals surface area contributed by atoms with Crippen molar-refractivity contribution in [3.05, 3.63) is 41.5 Å². The van der Waals surface area contributed by atoms with Crippen LogP contribution in [0.3, 0.4) is 0 Å². The number of hydrogen-bond acceptors (Lipinski definition) is 5. The molecule has 0 radical (unpaired) electrons. The minimum atomic E-state index is 0.601. The van der Waals surface area contributed by atoms with Crippen molar-refractivity contribution in [3.8, 4) is 11.5 Å². The van der Waals surface area contributed by atoms with Gasteiger partial charge in [0, 0.05) is 36.7 Å². The number of imidazole rings is 1. The molecule has 0 saturated carbocycles. The monoisotopic (exact) mass is 425 g/mol. The predicted molar refractivity (Wildman–Crippen MR) is 125 cm³/mol. The lowest BCUT2D eigenvalue weighted by Gasteiger charge is -2.31. The van der Waals surface area contributed by atoms with Crippen molar-refractivity contribution < 1.29 is 9.47 Å². The van der Waals surface area contributed by atoms with Gasteiger partial charge in [0.2, 0.25) is 0 Å². The lowest BCUT2D eigenvalue weighted by molar-refractivity contribution is 0.288. The summed E-state index contributed by atoms with van der Waals surface area (Å²) >= 11 is 1.76. The van der Waals surface area contributed by atoms with Gasteiger partial charge >= 0.3 is 0 Å². The molecule has 160 valence electrons. The van der Waals surface area contributed by atoms with Gasteiger partial charge in [0.05, 0.1) is 24.2 Å². The van der Waals surface area contributed by atoms with Gasteiger partial charge in [-0.05, 0) is 57.2 Å². The molecule has 1 saturated heterocycles. The molecule has 1 aliphatic heterocycles. The van der Waals surface area contributed by atoms with Crippen LogP contribution in [0.15, 0.2) is 35.5 Å². The molecule has 2 heterocycles. The zero-order valence-electron chi connectivity index (χ0n) is 18.2. The van der Waals surface area contributed by atoms with E-state index in [-0.39, 0.29) is 0 Å². The first-order chi connectivity index (χ1) is 14.7. The van der Waals surface area contributed by atoms with Gasteiger partial charge in [0.15, 0.2) is 16.7 Å². The number of aromatic nitrogens is 2. The Kier molecular flexibility index (Phi) is 6.72. The molecule has 2 aromatic carbocycles. The summed E-state index contributed by atoms with van der Waals surface area (Å²) in [5.41, 5.74) is 6.03. The molecule has 1 fully saturated rings. The standard InChI is InChI=1S/C24H31N3O2S/c1-4-28-22-14-19-20(15-23(22)29-5-2)26-24(25-19)30-16-18-17(3)10-9-11-21(18)27-12-7-6-8-13-27/h9-11,14-15H,4-8,12-13,16H2,1-3H3,(H,25,26). The van der Waals surface area contributed by atoms with E-state index < -0.39 is 0 Å². The van der Waals surface area contributed by atoms with Crippen LogP contribution in [0.2, 0.25) is 0 Å². The fourth-order valence-corrected chi connectivity index (χ4v) is 5.05. The number of thioether (sulfide) groups is 1. The van der Waals surface area contributed by atoms with Gasteiger partial charge in [-0.3, -0.25) is 0 Å². The van der Waals surface area contributed by atoms with Gasteiger partial charge in [0.25, 0.3) is 0 Å². The molecule has 0 spiro atoms. The van der Waals surface area contributed by atoms with Crippen molar-refractivity contribution >= 4 is 28.5 Å². The number of rotatable bonds is 8. The maximum absolute atomic E-state index is 5.75. The zero-order chi connectivity index (χ0) is 20.9. The van der Waals surface area contributed by atoms with Crippen LogP contribution in [0, 0.1) is 6.92 Å². The highest BCUT2D eigenvalue weighted by Gasteiger charge is 2.17. The summed E-state index contributed by atoms with van der Waals surface area (Å²) in [5.74, 6) is 2.41. The van der Waals surface area contributed by atoms with Crippen molar-refractivity contribution in [2.24, 2.45) is 0 Å².